The van der Waals surface area contributed by atoms with Crippen LogP contribution >= 0.6 is 11.6 Å². The van der Waals surface area contributed by atoms with E-state index in [2.05, 4.69) is 0 Å². The molecule has 0 fully saturated rings. The summed E-state index contributed by atoms with van der Waals surface area (Å²) in [7, 11) is 0. The van der Waals surface area contributed by atoms with Crippen LogP contribution in [0, 0.1) is 0 Å². The summed E-state index contributed by atoms with van der Waals surface area (Å²) in [5.74, 6) is -1.42. The van der Waals surface area contributed by atoms with Crippen LogP contribution in [0.15, 0.2) is 89.7 Å². The number of allylic oxidation sites excluding steroid dienone is 3. The molecule has 3 aliphatic rings. The van der Waals surface area contributed by atoms with Crippen molar-refractivity contribution in [3.63, 3.8) is 0 Å². The van der Waals surface area contributed by atoms with Crippen LogP contribution in [0.25, 0.3) is 5.76 Å². The Morgan fingerprint density at radius 1 is 0.581 bits per heavy atom. The van der Waals surface area contributed by atoms with Gasteiger partial charge in [0, 0.05) is 27.3 Å². The van der Waals surface area contributed by atoms with Crippen LogP contribution in [0.2, 0.25) is 5.02 Å². The van der Waals surface area contributed by atoms with Crippen molar-refractivity contribution in [3.8, 4) is 0 Å². The summed E-state index contributed by atoms with van der Waals surface area (Å²) in [6, 6.07) is 20.8. The van der Waals surface area contributed by atoms with Crippen LogP contribution in [-0.4, -0.2) is 17.3 Å². The molecule has 0 aromatic heterocycles. The first kappa shape index (κ1) is 18.0. The van der Waals surface area contributed by atoms with E-state index in [4.69, 9.17) is 16.3 Å². The number of ketones is 3. The highest BCUT2D eigenvalue weighted by atomic mass is 35.5. The van der Waals surface area contributed by atoms with Crippen LogP contribution in [0.4, 0.5) is 0 Å². The van der Waals surface area contributed by atoms with E-state index in [1.807, 2.05) is 6.07 Å². The van der Waals surface area contributed by atoms with Crippen LogP contribution in [-0.2, 0) is 4.74 Å². The van der Waals surface area contributed by atoms with Crippen LogP contribution < -0.4 is 0 Å². The van der Waals surface area contributed by atoms with Crippen molar-refractivity contribution < 1.29 is 19.1 Å². The van der Waals surface area contributed by atoms with Crippen molar-refractivity contribution in [1.29, 1.82) is 0 Å². The van der Waals surface area contributed by atoms with Gasteiger partial charge in [-0.2, -0.15) is 0 Å². The first-order valence-electron chi connectivity index (χ1n) is 9.81. The first-order chi connectivity index (χ1) is 15.1. The highest BCUT2D eigenvalue weighted by Gasteiger charge is 2.49. The second-order valence-electron chi connectivity index (χ2n) is 7.62. The molecule has 0 saturated carbocycles. The van der Waals surface area contributed by atoms with Gasteiger partial charge in [-0.05, 0) is 11.6 Å². The SMILES string of the molecule is O=C1C2=C(C(=O)c3ccccc31)C(c1ccccc1Cl)C1=C(O2)c2ccccc2C1=O. The number of ether oxygens (including phenoxy) is 1. The third-order valence-electron chi connectivity index (χ3n) is 6.02. The van der Waals surface area contributed by atoms with Gasteiger partial charge >= 0.3 is 0 Å². The summed E-state index contributed by atoms with van der Waals surface area (Å²) in [5, 5.41) is 0.413. The van der Waals surface area contributed by atoms with Crippen molar-refractivity contribution in [2.45, 2.75) is 5.92 Å². The number of hydrogen-bond donors (Lipinski definition) is 0. The monoisotopic (exact) mass is 424 g/mol. The van der Waals surface area contributed by atoms with Gasteiger partial charge in [0.1, 0.15) is 5.76 Å². The molecule has 1 aliphatic heterocycles. The molecular weight excluding hydrogens is 412 g/mol. The molecule has 1 heterocycles. The average Bonchev–Trinajstić information content (AvgIpc) is 3.09. The standard InChI is InChI=1S/C26H13ClO4/c27-18-12-6-5-11-17(18)19-20-23(29)15-9-3-4-10-16(15)25(20)31-26-21(19)22(28)13-7-1-2-8-14(13)24(26)30/h1-12,19H. The molecule has 2 aliphatic carbocycles. The molecule has 0 radical (unpaired) electrons. The molecule has 0 amide bonds. The van der Waals surface area contributed by atoms with E-state index in [1.54, 1.807) is 66.7 Å². The molecule has 4 nitrogen and oxygen atoms in total. The van der Waals surface area contributed by atoms with Gasteiger partial charge in [-0.15, -0.1) is 0 Å². The van der Waals surface area contributed by atoms with Gasteiger partial charge in [0.15, 0.2) is 17.3 Å². The minimum atomic E-state index is -0.794. The molecule has 0 saturated heterocycles. The maximum Gasteiger partial charge on any atom is 0.229 e. The summed E-state index contributed by atoms with van der Waals surface area (Å²) in [6.45, 7) is 0. The van der Waals surface area contributed by atoms with Crippen molar-refractivity contribution >= 4 is 34.7 Å². The van der Waals surface area contributed by atoms with Crippen LogP contribution in [0.5, 0.6) is 0 Å². The number of carbonyl (C=O) groups excluding carboxylic acids is 3. The maximum atomic E-state index is 13.6. The van der Waals surface area contributed by atoms with E-state index in [1.165, 1.54) is 0 Å². The normalized spacial score (nSPS) is 19.0. The fourth-order valence-electron chi connectivity index (χ4n) is 4.65. The maximum absolute atomic E-state index is 13.6. The Morgan fingerprint density at radius 3 is 1.71 bits per heavy atom. The fraction of sp³-hybridized carbons (Fsp3) is 0.0385. The van der Waals surface area contributed by atoms with E-state index in [9.17, 15) is 14.4 Å². The van der Waals surface area contributed by atoms with Gasteiger partial charge in [0.2, 0.25) is 5.78 Å². The quantitative estimate of drug-likeness (QED) is 0.525. The summed E-state index contributed by atoms with van der Waals surface area (Å²) >= 11 is 6.53. The first-order valence-corrected chi connectivity index (χ1v) is 10.2. The Hall–Kier alpha value is -3.76. The zero-order chi connectivity index (χ0) is 21.3. The largest absolute Gasteiger partial charge is 0.452 e. The number of hydrogen-bond acceptors (Lipinski definition) is 4. The topological polar surface area (TPSA) is 60.4 Å². The number of benzene rings is 3. The molecule has 3 aromatic carbocycles. The molecule has 31 heavy (non-hydrogen) atoms. The third kappa shape index (κ3) is 2.34. The molecule has 1 atom stereocenters. The smallest absolute Gasteiger partial charge is 0.229 e. The van der Waals surface area contributed by atoms with Crippen LogP contribution in [0.3, 0.4) is 0 Å². The molecule has 148 valence electrons. The minimum Gasteiger partial charge on any atom is -0.452 e. The van der Waals surface area contributed by atoms with Gasteiger partial charge in [-0.3, -0.25) is 14.4 Å². The van der Waals surface area contributed by atoms with E-state index < -0.39 is 5.92 Å². The Kier molecular flexibility index (Phi) is 3.71. The second kappa shape index (κ2) is 6.37. The Labute approximate surface area is 182 Å². The molecule has 0 bridgehead atoms. The Balaban J connectivity index is 1.66. The summed E-state index contributed by atoms with van der Waals surface area (Å²) in [6.07, 6.45) is 0. The number of fused-ring (bicyclic) bond motifs is 3. The highest BCUT2D eigenvalue weighted by Crippen LogP contribution is 2.52. The predicted octanol–water partition coefficient (Wildman–Crippen LogP) is 5.39. The minimum absolute atomic E-state index is 0.0307. The summed E-state index contributed by atoms with van der Waals surface area (Å²) in [5.41, 5.74) is 2.80. The lowest BCUT2D eigenvalue weighted by Crippen LogP contribution is -2.31. The van der Waals surface area contributed by atoms with Gasteiger partial charge in [-0.25, -0.2) is 0 Å². The summed E-state index contributed by atoms with van der Waals surface area (Å²) < 4.78 is 6.07. The average molecular weight is 425 g/mol. The Morgan fingerprint density at radius 2 is 1.06 bits per heavy atom. The van der Waals surface area contributed by atoms with Crippen LogP contribution in [0.1, 0.15) is 48.1 Å². The Bertz CT molecular complexity index is 1430. The van der Waals surface area contributed by atoms with Gasteiger partial charge < -0.3 is 4.74 Å². The van der Waals surface area contributed by atoms with Gasteiger partial charge in [0.25, 0.3) is 0 Å². The lowest BCUT2D eigenvalue weighted by molar-refractivity contribution is 0.0913. The molecule has 3 aromatic rings. The van der Waals surface area contributed by atoms with Crippen molar-refractivity contribution in [1.82, 2.24) is 0 Å². The van der Waals surface area contributed by atoms with E-state index in [0.717, 1.165) is 0 Å². The van der Waals surface area contributed by atoms with Gasteiger partial charge in [-0.1, -0.05) is 78.3 Å². The number of halogens is 1. The zero-order valence-corrected chi connectivity index (χ0v) is 16.8. The predicted molar refractivity (Wildman–Crippen MR) is 115 cm³/mol. The molecule has 0 spiro atoms. The number of rotatable bonds is 1. The molecule has 1 unspecified atom stereocenters. The van der Waals surface area contributed by atoms with E-state index >= 15 is 0 Å². The third-order valence-corrected chi connectivity index (χ3v) is 6.36. The number of carbonyl (C=O) groups is 3. The van der Waals surface area contributed by atoms with Crippen molar-refractivity contribution in [2.75, 3.05) is 0 Å². The molecule has 5 heteroatoms. The lowest BCUT2D eigenvalue weighted by atomic mass is 9.74. The molecule has 6 rings (SSSR count). The highest BCUT2D eigenvalue weighted by molar-refractivity contribution is 6.33. The molecular formula is C26H13ClO4. The summed E-state index contributed by atoms with van der Waals surface area (Å²) in [4.78, 5) is 40.4. The molecule has 0 N–H and O–H groups in total. The zero-order valence-electron chi connectivity index (χ0n) is 16.0. The van der Waals surface area contributed by atoms with E-state index in [0.29, 0.717) is 44.2 Å². The second-order valence-corrected chi connectivity index (χ2v) is 8.03. The van der Waals surface area contributed by atoms with Crippen molar-refractivity contribution in [3.05, 3.63) is 123 Å². The lowest BCUT2D eigenvalue weighted by Gasteiger charge is -2.32. The van der Waals surface area contributed by atoms with E-state index in [-0.39, 0.29) is 28.7 Å². The number of Topliss-reactive ketones (excluding diaryl/α,β-unsaturated/α-hetero) is 3. The fourth-order valence-corrected chi connectivity index (χ4v) is 4.89. The van der Waals surface area contributed by atoms with Crippen molar-refractivity contribution in [2.24, 2.45) is 0 Å². The van der Waals surface area contributed by atoms with Gasteiger partial charge in [0.05, 0.1) is 17.1 Å².